The van der Waals surface area contributed by atoms with Gasteiger partial charge in [0, 0.05) is 19.0 Å². The minimum Gasteiger partial charge on any atom is -0.444 e. The third-order valence-corrected chi connectivity index (χ3v) is 4.43. The van der Waals surface area contributed by atoms with Gasteiger partial charge in [0.2, 0.25) is 5.91 Å². The lowest BCUT2D eigenvalue weighted by atomic mass is 9.94. The lowest BCUT2D eigenvalue weighted by molar-refractivity contribution is -0.133. The summed E-state index contributed by atoms with van der Waals surface area (Å²) in [4.78, 5) is 26.5. The molecule has 26 heavy (non-hydrogen) atoms. The fourth-order valence-electron chi connectivity index (χ4n) is 3.17. The van der Waals surface area contributed by atoms with E-state index in [1.807, 2.05) is 0 Å². The van der Waals surface area contributed by atoms with E-state index in [-0.39, 0.29) is 17.6 Å². The number of benzene rings is 1. The molecule has 1 N–H and O–H groups in total. The van der Waals surface area contributed by atoms with E-state index in [2.05, 4.69) is 5.32 Å². The third-order valence-electron chi connectivity index (χ3n) is 4.43. The molecular formula is C20H29FN2O3. The van der Waals surface area contributed by atoms with Crippen LogP contribution < -0.4 is 5.32 Å². The third kappa shape index (κ3) is 6.00. The molecule has 1 aromatic carbocycles. The minimum absolute atomic E-state index is 0.120. The highest BCUT2D eigenvalue weighted by atomic mass is 19.1. The van der Waals surface area contributed by atoms with Crippen LogP contribution in [0.2, 0.25) is 0 Å². The van der Waals surface area contributed by atoms with Crippen molar-refractivity contribution in [2.45, 2.75) is 64.5 Å². The topological polar surface area (TPSA) is 58.6 Å². The van der Waals surface area contributed by atoms with Gasteiger partial charge in [0.1, 0.15) is 17.5 Å². The van der Waals surface area contributed by atoms with Gasteiger partial charge in [0.05, 0.1) is 0 Å². The number of nitrogens with one attached hydrogen (secondary N) is 1. The van der Waals surface area contributed by atoms with Gasteiger partial charge in [-0.1, -0.05) is 18.6 Å². The fraction of sp³-hybridized carbons (Fsp3) is 0.600. The van der Waals surface area contributed by atoms with Crippen molar-refractivity contribution in [2.24, 2.45) is 0 Å². The average Bonchev–Trinajstić information content (AvgIpc) is 2.79. The van der Waals surface area contributed by atoms with Crippen LogP contribution in [-0.2, 0) is 9.53 Å². The first-order valence-corrected chi connectivity index (χ1v) is 9.19. The smallest absolute Gasteiger partial charge is 0.408 e. The van der Waals surface area contributed by atoms with Gasteiger partial charge in [0.15, 0.2) is 0 Å². The molecule has 1 aliphatic rings. The Morgan fingerprint density at radius 1 is 1.23 bits per heavy atom. The maximum atomic E-state index is 13.2. The van der Waals surface area contributed by atoms with Gasteiger partial charge < -0.3 is 15.0 Å². The first-order valence-electron chi connectivity index (χ1n) is 9.19. The number of hydrogen-bond donors (Lipinski definition) is 1. The van der Waals surface area contributed by atoms with Crippen molar-refractivity contribution in [1.29, 1.82) is 0 Å². The van der Waals surface area contributed by atoms with Gasteiger partial charge >= 0.3 is 6.09 Å². The molecule has 5 nitrogen and oxygen atoms in total. The number of carbonyl (C=O) groups excluding carboxylic acids is 2. The molecule has 0 bridgehead atoms. The van der Waals surface area contributed by atoms with E-state index in [0.29, 0.717) is 13.1 Å². The van der Waals surface area contributed by atoms with Gasteiger partial charge in [-0.3, -0.25) is 4.79 Å². The maximum absolute atomic E-state index is 13.2. The Morgan fingerprint density at radius 2 is 1.88 bits per heavy atom. The molecule has 1 aliphatic heterocycles. The van der Waals surface area contributed by atoms with Crippen LogP contribution in [0.5, 0.6) is 0 Å². The summed E-state index contributed by atoms with van der Waals surface area (Å²) >= 11 is 0. The Hall–Kier alpha value is -2.11. The van der Waals surface area contributed by atoms with Crippen molar-refractivity contribution in [1.82, 2.24) is 10.2 Å². The molecule has 0 saturated carbocycles. The molecule has 1 aromatic rings. The maximum Gasteiger partial charge on any atom is 0.408 e. The molecule has 144 valence electrons. The van der Waals surface area contributed by atoms with Gasteiger partial charge in [-0.15, -0.1) is 0 Å². The quantitative estimate of drug-likeness (QED) is 0.887. The SMILES string of the molecule is CC(NC(=O)OC(C)(C)C)C(=O)N1CCCCC(c2ccc(F)cc2)C1. The summed E-state index contributed by atoms with van der Waals surface area (Å²) in [6.45, 7) is 8.25. The minimum atomic E-state index is -0.656. The zero-order chi connectivity index (χ0) is 19.3. The highest BCUT2D eigenvalue weighted by Crippen LogP contribution is 2.27. The summed E-state index contributed by atoms with van der Waals surface area (Å²) in [6, 6.07) is 5.84. The lowest BCUT2D eigenvalue weighted by Crippen LogP contribution is -2.49. The Labute approximate surface area is 154 Å². The molecule has 2 unspecified atom stereocenters. The highest BCUT2D eigenvalue weighted by Gasteiger charge is 2.28. The van der Waals surface area contributed by atoms with Crippen LogP contribution in [0.15, 0.2) is 24.3 Å². The van der Waals surface area contributed by atoms with Crippen molar-refractivity contribution in [3.63, 3.8) is 0 Å². The monoisotopic (exact) mass is 364 g/mol. The Kier molecular flexibility index (Phi) is 6.62. The lowest BCUT2D eigenvalue weighted by Gasteiger charge is -2.28. The molecule has 1 fully saturated rings. The number of likely N-dealkylation sites (tertiary alicyclic amines) is 1. The first-order chi connectivity index (χ1) is 12.2. The van der Waals surface area contributed by atoms with Crippen molar-refractivity contribution in [3.8, 4) is 0 Å². The molecule has 1 heterocycles. The van der Waals surface area contributed by atoms with Gasteiger partial charge in [-0.2, -0.15) is 0 Å². The summed E-state index contributed by atoms with van der Waals surface area (Å²) in [5.74, 6) is -0.203. The molecule has 0 radical (unpaired) electrons. The number of ether oxygens (including phenoxy) is 1. The summed E-state index contributed by atoms with van der Waals surface area (Å²) in [5, 5.41) is 2.61. The second-order valence-corrected chi connectivity index (χ2v) is 7.90. The van der Waals surface area contributed by atoms with Crippen LogP contribution in [0.3, 0.4) is 0 Å². The summed E-state index contributed by atoms with van der Waals surface area (Å²) in [5.41, 5.74) is 0.433. The standard InChI is InChI=1S/C20H29FN2O3/c1-14(22-19(25)26-20(2,3)4)18(24)23-12-6-5-7-16(13-23)15-8-10-17(21)11-9-15/h8-11,14,16H,5-7,12-13H2,1-4H3,(H,22,25). The summed E-state index contributed by atoms with van der Waals surface area (Å²) in [6.07, 6.45) is 2.30. The van der Waals surface area contributed by atoms with Crippen LogP contribution >= 0.6 is 0 Å². The second kappa shape index (κ2) is 8.52. The molecule has 2 rings (SSSR count). The number of amides is 2. The molecule has 6 heteroatoms. The zero-order valence-electron chi connectivity index (χ0n) is 16.0. The molecule has 0 aliphatic carbocycles. The van der Waals surface area contributed by atoms with E-state index in [0.717, 1.165) is 24.8 Å². The van der Waals surface area contributed by atoms with Crippen molar-refractivity contribution < 1.29 is 18.7 Å². The normalized spacial score (nSPS) is 19.4. The molecule has 1 saturated heterocycles. The predicted molar refractivity (Wildman–Crippen MR) is 98.4 cm³/mol. The van der Waals surface area contributed by atoms with E-state index in [1.165, 1.54) is 12.1 Å². The van der Waals surface area contributed by atoms with Crippen LogP contribution in [-0.4, -0.2) is 41.6 Å². The van der Waals surface area contributed by atoms with E-state index in [4.69, 9.17) is 4.74 Å². The molecule has 0 aromatic heterocycles. The van der Waals surface area contributed by atoms with E-state index < -0.39 is 17.7 Å². The van der Waals surface area contributed by atoms with Crippen LogP contribution in [0.25, 0.3) is 0 Å². The molecule has 2 atom stereocenters. The average molecular weight is 364 g/mol. The fourth-order valence-corrected chi connectivity index (χ4v) is 3.17. The largest absolute Gasteiger partial charge is 0.444 e. The van der Waals surface area contributed by atoms with Crippen LogP contribution in [0.4, 0.5) is 9.18 Å². The molecular weight excluding hydrogens is 335 g/mol. The van der Waals surface area contributed by atoms with E-state index >= 15 is 0 Å². The Morgan fingerprint density at radius 3 is 2.50 bits per heavy atom. The van der Waals surface area contributed by atoms with Gasteiger partial charge in [-0.25, -0.2) is 9.18 Å². The van der Waals surface area contributed by atoms with Crippen LogP contribution in [0, 0.1) is 5.82 Å². The number of hydrogen-bond acceptors (Lipinski definition) is 3. The number of nitrogens with zero attached hydrogens (tertiary/aromatic N) is 1. The van der Waals surface area contributed by atoms with Gasteiger partial charge in [-0.05, 0) is 58.2 Å². The molecule has 2 amide bonds. The first kappa shape index (κ1) is 20.2. The Bertz CT molecular complexity index is 625. The number of rotatable bonds is 3. The number of carbonyl (C=O) groups is 2. The highest BCUT2D eigenvalue weighted by molar-refractivity contribution is 5.85. The summed E-state index contributed by atoms with van der Waals surface area (Å²) in [7, 11) is 0. The Balaban J connectivity index is 2.00. The van der Waals surface area contributed by atoms with E-state index in [9.17, 15) is 14.0 Å². The zero-order valence-corrected chi connectivity index (χ0v) is 16.0. The van der Waals surface area contributed by atoms with Crippen molar-refractivity contribution in [2.75, 3.05) is 13.1 Å². The number of halogens is 1. The van der Waals surface area contributed by atoms with Crippen LogP contribution in [0.1, 0.15) is 58.4 Å². The number of alkyl carbamates (subject to hydrolysis) is 1. The van der Waals surface area contributed by atoms with Gasteiger partial charge in [0.25, 0.3) is 0 Å². The van der Waals surface area contributed by atoms with E-state index in [1.54, 1.807) is 44.7 Å². The molecule has 0 spiro atoms. The second-order valence-electron chi connectivity index (χ2n) is 7.90. The summed E-state index contributed by atoms with van der Waals surface area (Å²) < 4.78 is 18.4. The van der Waals surface area contributed by atoms with Crippen molar-refractivity contribution >= 4 is 12.0 Å². The van der Waals surface area contributed by atoms with Crippen molar-refractivity contribution in [3.05, 3.63) is 35.6 Å². The predicted octanol–water partition coefficient (Wildman–Crippen LogP) is 3.84.